The SMILES string of the molecule is CN(Cc1ccc(C2=NCCN2)cc1)C(=O)CCCCNCS(=O)(=O)c1cccc(Cl)c1Cl. The van der Waals surface area contributed by atoms with Crippen molar-refractivity contribution in [1.29, 1.82) is 0 Å². The van der Waals surface area contributed by atoms with Gasteiger partial charge in [-0.3, -0.25) is 9.79 Å². The Labute approximate surface area is 205 Å². The molecule has 0 saturated heterocycles. The van der Waals surface area contributed by atoms with Gasteiger partial charge in [-0.1, -0.05) is 53.5 Å². The van der Waals surface area contributed by atoms with Gasteiger partial charge in [0, 0.05) is 32.1 Å². The average molecular weight is 511 g/mol. The van der Waals surface area contributed by atoms with Crippen molar-refractivity contribution in [1.82, 2.24) is 15.5 Å². The largest absolute Gasteiger partial charge is 0.368 e. The van der Waals surface area contributed by atoms with Gasteiger partial charge in [-0.05, 0) is 37.1 Å². The summed E-state index contributed by atoms with van der Waals surface area (Å²) in [7, 11) is -1.80. The third kappa shape index (κ3) is 7.17. The maximum atomic E-state index is 12.4. The number of nitrogens with zero attached hydrogens (tertiary/aromatic N) is 2. The number of amides is 1. The van der Waals surface area contributed by atoms with Crippen LogP contribution in [-0.4, -0.2) is 57.6 Å². The number of hydrogen-bond acceptors (Lipinski definition) is 6. The molecule has 178 valence electrons. The molecule has 1 aliphatic heterocycles. The molecule has 0 aromatic heterocycles. The number of unbranched alkanes of at least 4 members (excludes halogenated alkanes) is 1. The second-order valence-electron chi connectivity index (χ2n) is 7.87. The summed E-state index contributed by atoms with van der Waals surface area (Å²) >= 11 is 11.9. The number of benzene rings is 2. The molecule has 0 aliphatic carbocycles. The van der Waals surface area contributed by atoms with Crippen molar-refractivity contribution in [2.75, 3.05) is 32.6 Å². The molecule has 0 spiro atoms. The first-order valence-corrected chi connectivity index (χ1v) is 13.2. The van der Waals surface area contributed by atoms with Crippen molar-refractivity contribution in [2.24, 2.45) is 4.99 Å². The molecular weight excluding hydrogens is 483 g/mol. The lowest BCUT2D eigenvalue weighted by Crippen LogP contribution is -2.27. The van der Waals surface area contributed by atoms with Crippen LogP contribution in [0.15, 0.2) is 52.4 Å². The zero-order chi connectivity index (χ0) is 23.8. The van der Waals surface area contributed by atoms with Crippen LogP contribution in [0.25, 0.3) is 0 Å². The van der Waals surface area contributed by atoms with Crippen molar-refractivity contribution < 1.29 is 13.2 Å². The Hall–Kier alpha value is -2.13. The average Bonchev–Trinajstić information content (AvgIpc) is 3.33. The van der Waals surface area contributed by atoms with Gasteiger partial charge < -0.3 is 15.5 Å². The lowest BCUT2D eigenvalue weighted by atomic mass is 10.1. The number of amidine groups is 1. The number of aliphatic imine (C=N–C) groups is 1. The Morgan fingerprint density at radius 3 is 2.61 bits per heavy atom. The first-order valence-electron chi connectivity index (χ1n) is 10.8. The number of carbonyl (C=O) groups excluding carboxylic acids is 1. The molecule has 0 bridgehead atoms. The molecule has 1 amide bonds. The predicted molar refractivity (Wildman–Crippen MR) is 133 cm³/mol. The minimum absolute atomic E-state index is 0.0153. The van der Waals surface area contributed by atoms with Crippen molar-refractivity contribution in [3.63, 3.8) is 0 Å². The molecule has 10 heteroatoms. The predicted octanol–water partition coefficient (Wildman–Crippen LogP) is 3.49. The summed E-state index contributed by atoms with van der Waals surface area (Å²) in [5, 5.41) is 6.40. The summed E-state index contributed by atoms with van der Waals surface area (Å²) in [6, 6.07) is 12.6. The summed E-state index contributed by atoms with van der Waals surface area (Å²) in [6.07, 6.45) is 1.75. The second-order valence-corrected chi connectivity index (χ2v) is 10.6. The van der Waals surface area contributed by atoms with E-state index in [2.05, 4.69) is 15.6 Å². The molecule has 0 atom stereocenters. The molecule has 0 radical (unpaired) electrons. The molecule has 0 saturated carbocycles. The van der Waals surface area contributed by atoms with Crippen LogP contribution in [-0.2, 0) is 21.2 Å². The maximum Gasteiger partial charge on any atom is 0.222 e. The van der Waals surface area contributed by atoms with E-state index in [1.807, 2.05) is 24.3 Å². The molecule has 2 N–H and O–H groups in total. The number of nitrogens with one attached hydrogen (secondary N) is 2. The highest BCUT2D eigenvalue weighted by molar-refractivity contribution is 7.91. The van der Waals surface area contributed by atoms with E-state index in [1.165, 1.54) is 6.07 Å². The van der Waals surface area contributed by atoms with Crippen LogP contribution in [0, 0.1) is 0 Å². The van der Waals surface area contributed by atoms with E-state index >= 15 is 0 Å². The highest BCUT2D eigenvalue weighted by Crippen LogP contribution is 2.29. The van der Waals surface area contributed by atoms with Gasteiger partial charge in [0.15, 0.2) is 9.84 Å². The van der Waals surface area contributed by atoms with Gasteiger partial charge in [0.2, 0.25) is 5.91 Å². The minimum atomic E-state index is -3.59. The van der Waals surface area contributed by atoms with E-state index in [1.54, 1.807) is 24.1 Å². The minimum Gasteiger partial charge on any atom is -0.368 e. The van der Waals surface area contributed by atoms with Gasteiger partial charge in [-0.2, -0.15) is 0 Å². The molecular formula is C23H28Cl2N4O3S. The van der Waals surface area contributed by atoms with Crippen molar-refractivity contribution in [3.05, 3.63) is 63.6 Å². The van der Waals surface area contributed by atoms with E-state index < -0.39 is 9.84 Å². The van der Waals surface area contributed by atoms with Gasteiger partial charge in [-0.25, -0.2) is 8.42 Å². The zero-order valence-corrected chi connectivity index (χ0v) is 20.8. The fourth-order valence-corrected chi connectivity index (χ4v) is 5.39. The summed E-state index contributed by atoms with van der Waals surface area (Å²) in [4.78, 5) is 18.6. The lowest BCUT2D eigenvalue weighted by molar-refractivity contribution is -0.130. The molecule has 0 unspecified atom stereocenters. The smallest absolute Gasteiger partial charge is 0.222 e. The highest BCUT2D eigenvalue weighted by Gasteiger charge is 2.19. The van der Waals surface area contributed by atoms with Gasteiger partial charge in [0.05, 0.1) is 21.5 Å². The maximum absolute atomic E-state index is 12.4. The van der Waals surface area contributed by atoms with Crippen LogP contribution >= 0.6 is 23.2 Å². The zero-order valence-electron chi connectivity index (χ0n) is 18.5. The van der Waals surface area contributed by atoms with Crippen LogP contribution in [0.4, 0.5) is 0 Å². The number of carbonyl (C=O) groups is 1. The summed E-state index contributed by atoms with van der Waals surface area (Å²) in [5.41, 5.74) is 2.11. The quantitative estimate of drug-likeness (QED) is 0.451. The molecule has 0 fully saturated rings. The molecule has 1 heterocycles. The molecule has 1 aliphatic rings. The van der Waals surface area contributed by atoms with Crippen LogP contribution in [0.3, 0.4) is 0 Å². The summed E-state index contributed by atoms with van der Waals surface area (Å²) in [5.74, 6) is 0.737. The monoisotopic (exact) mass is 510 g/mol. The van der Waals surface area contributed by atoms with Crippen molar-refractivity contribution in [2.45, 2.75) is 30.7 Å². The van der Waals surface area contributed by atoms with Crippen LogP contribution in [0.1, 0.15) is 30.4 Å². The van der Waals surface area contributed by atoms with E-state index in [9.17, 15) is 13.2 Å². The van der Waals surface area contributed by atoms with Crippen LogP contribution in [0.5, 0.6) is 0 Å². The van der Waals surface area contributed by atoms with E-state index in [4.69, 9.17) is 23.2 Å². The second kappa shape index (κ2) is 11.8. The fraction of sp³-hybridized carbons (Fsp3) is 0.391. The third-order valence-electron chi connectivity index (χ3n) is 5.28. The van der Waals surface area contributed by atoms with Crippen molar-refractivity contribution >= 4 is 44.8 Å². The van der Waals surface area contributed by atoms with Gasteiger partial charge >= 0.3 is 0 Å². The number of sulfone groups is 1. The fourth-order valence-electron chi connectivity index (χ4n) is 3.45. The van der Waals surface area contributed by atoms with Gasteiger partial charge in [0.1, 0.15) is 11.7 Å². The first-order chi connectivity index (χ1) is 15.8. The lowest BCUT2D eigenvalue weighted by Gasteiger charge is -2.17. The third-order valence-corrected chi connectivity index (χ3v) is 7.81. The number of halogens is 2. The highest BCUT2D eigenvalue weighted by atomic mass is 35.5. The first kappa shape index (κ1) is 25.5. The molecule has 7 nitrogen and oxygen atoms in total. The Bertz CT molecular complexity index is 1110. The summed E-state index contributed by atoms with van der Waals surface area (Å²) in [6.45, 7) is 2.69. The molecule has 2 aromatic rings. The van der Waals surface area contributed by atoms with Crippen molar-refractivity contribution in [3.8, 4) is 0 Å². The van der Waals surface area contributed by atoms with E-state index in [0.717, 1.165) is 30.1 Å². The Balaban J connectivity index is 1.35. The number of rotatable bonds is 11. The molecule has 2 aromatic carbocycles. The van der Waals surface area contributed by atoms with E-state index in [-0.39, 0.29) is 26.7 Å². The molecule has 3 rings (SSSR count). The normalized spacial score (nSPS) is 13.5. The van der Waals surface area contributed by atoms with Crippen LogP contribution < -0.4 is 10.6 Å². The Kier molecular flexibility index (Phi) is 9.14. The van der Waals surface area contributed by atoms with Gasteiger partial charge in [0.25, 0.3) is 0 Å². The molecule has 33 heavy (non-hydrogen) atoms. The van der Waals surface area contributed by atoms with E-state index in [0.29, 0.717) is 32.4 Å². The standard InChI is InChI=1S/C23H28Cl2N4O3S/c1-29(15-17-8-10-18(11-9-17)23-27-13-14-28-23)21(30)7-2-3-12-26-16-33(31,32)20-6-4-5-19(24)22(20)25/h4-6,8-11,26H,2-3,7,12-16H2,1H3,(H,27,28). The Morgan fingerprint density at radius 1 is 1.15 bits per heavy atom. The van der Waals surface area contributed by atoms with Gasteiger partial charge in [-0.15, -0.1) is 0 Å². The van der Waals surface area contributed by atoms with Crippen LogP contribution in [0.2, 0.25) is 10.0 Å². The summed E-state index contributed by atoms with van der Waals surface area (Å²) < 4.78 is 24.9. The number of hydrogen-bond donors (Lipinski definition) is 2. The Morgan fingerprint density at radius 2 is 1.91 bits per heavy atom. The topological polar surface area (TPSA) is 90.9 Å².